The number of rotatable bonds is 5. The summed E-state index contributed by atoms with van der Waals surface area (Å²) in [6.45, 7) is 5.91. The molecule has 1 aromatic heterocycles. The second kappa shape index (κ2) is 9.41. The minimum atomic E-state index is -3.85. The summed E-state index contributed by atoms with van der Waals surface area (Å²) in [7, 11) is -3.85. The van der Waals surface area contributed by atoms with Crippen LogP contribution in [-0.2, 0) is 15.6 Å². The number of nitrogens with zero attached hydrogens (tertiary/aromatic N) is 2. The Labute approximate surface area is 203 Å². The van der Waals surface area contributed by atoms with Gasteiger partial charge in [-0.2, -0.15) is 0 Å². The number of piperazine rings is 1. The summed E-state index contributed by atoms with van der Waals surface area (Å²) in [5.74, 6) is -0.436. The zero-order valence-electron chi connectivity index (χ0n) is 18.3. The molecule has 174 valence electrons. The second-order valence-electron chi connectivity index (χ2n) is 8.21. The third kappa shape index (κ3) is 5.05. The van der Waals surface area contributed by atoms with Crippen LogP contribution in [0.3, 0.4) is 0 Å². The van der Waals surface area contributed by atoms with E-state index in [1.54, 1.807) is 11.0 Å². The lowest BCUT2D eigenvalue weighted by Gasteiger charge is -2.41. The molecular formula is C24H24Cl2N2O4S. The molecule has 1 saturated heterocycles. The molecule has 0 aliphatic carbocycles. The highest BCUT2D eigenvalue weighted by Gasteiger charge is 2.30. The molecule has 1 fully saturated rings. The van der Waals surface area contributed by atoms with Crippen LogP contribution in [0, 0.1) is 6.92 Å². The summed E-state index contributed by atoms with van der Waals surface area (Å²) in [5.41, 5.74) is 2.33. The van der Waals surface area contributed by atoms with Gasteiger partial charge in [-0.15, -0.1) is 0 Å². The Morgan fingerprint density at radius 1 is 1.06 bits per heavy atom. The van der Waals surface area contributed by atoms with Crippen molar-refractivity contribution in [2.45, 2.75) is 30.5 Å². The van der Waals surface area contributed by atoms with Crippen LogP contribution >= 0.6 is 23.2 Å². The van der Waals surface area contributed by atoms with Crippen molar-refractivity contribution in [2.75, 3.05) is 24.5 Å². The van der Waals surface area contributed by atoms with E-state index in [9.17, 15) is 13.2 Å². The van der Waals surface area contributed by atoms with E-state index in [-0.39, 0.29) is 38.4 Å². The molecule has 0 saturated carbocycles. The van der Waals surface area contributed by atoms with E-state index in [1.807, 2.05) is 6.07 Å². The van der Waals surface area contributed by atoms with Gasteiger partial charge < -0.3 is 14.2 Å². The predicted molar refractivity (Wildman–Crippen MR) is 130 cm³/mol. The van der Waals surface area contributed by atoms with E-state index in [1.165, 1.54) is 29.8 Å². The number of carbonyl (C=O) groups is 1. The van der Waals surface area contributed by atoms with Gasteiger partial charge in [0.1, 0.15) is 16.4 Å². The zero-order chi connectivity index (χ0) is 23.8. The summed E-state index contributed by atoms with van der Waals surface area (Å²) in [6.07, 6.45) is 0. The third-order valence-corrected chi connectivity index (χ3v) is 8.26. The molecule has 3 aromatic rings. The largest absolute Gasteiger partial charge is 0.455 e. The first-order valence-electron chi connectivity index (χ1n) is 10.5. The maximum atomic E-state index is 13.0. The highest BCUT2D eigenvalue weighted by molar-refractivity contribution is 7.90. The number of amides is 1. The van der Waals surface area contributed by atoms with Crippen LogP contribution in [0.25, 0.3) is 0 Å². The number of sulfone groups is 1. The van der Waals surface area contributed by atoms with Crippen LogP contribution in [0.4, 0.5) is 5.69 Å². The first kappa shape index (κ1) is 23.7. The van der Waals surface area contributed by atoms with Crippen LogP contribution < -0.4 is 4.90 Å². The lowest BCUT2D eigenvalue weighted by atomic mass is 10.1. The molecule has 0 bridgehead atoms. The SMILES string of the molecule is Cc1cccc(N2CCN(C(=O)c3ccc(CS(=O)(=O)c4c(Cl)cccc4Cl)o3)C[C@H]2C)c1. The molecular weight excluding hydrogens is 483 g/mol. The van der Waals surface area contributed by atoms with Crippen LogP contribution in [0.5, 0.6) is 0 Å². The van der Waals surface area contributed by atoms with Gasteiger partial charge in [-0.1, -0.05) is 41.4 Å². The standard InChI is InChI=1S/C24H24Cl2N2O4S/c1-16-5-3-6-18(13-16)28-12-11-27(14-17(28)2)24(29)22-10-9-19(32-22)15-33(30,31)23-20(25)7-4-8-21(23)26/h3-10,13,17H,11-12,14-15H2,1-2H3/t17-/m1/s1. The molecule has 1 atom stereocenters. The van der Waals surface area contributed by atoms with Gasteiger partial charge in [-0.05, 0) is 55.8 Å². The van der Waals surface area contributed by atoms with E-state index >= 15 is 0 Å². The summed E-state index contributed by atoms with van der Waals surface area (Å²) < 4.78 is 31.3. The Balaban J connectivity index is 1.45. The smallest absolute Gasteiger partial charge is 0.289 e. The van der Waals surface area contributed by atoms with Crippen molar-refractivity contribution < 1.29 is 17.6 Å². The first-order chi connectivity index (χ1) is 15.7. The van der Waals surface area contributed by atoms with Gasteiger partial charge in [-0.3, -0.25) is 4.79 Å². The summed E-state index contributed by atoms with van der Waals surface area (Å²) in [6, 6.07) is 16.0. The van der Waals surface area contributed by atoms with E-state index in [2.05, 4.69) is 36.9 Å². The molecule has 4 rings (SSSR count). The fourth-order valence-corrected chi connectivity index (χ4v) is 6.60. The average molecular weight is 507 g/mol. The number of hydrogen-bond acceptors (Lipinski definition) is 5. The Kier molecular flexibility index (Phi) is 6.75. The molecule has 0 N–H and O–H groups in total. The third-order valence-electron chi connectivity index (χ3n) is 5.68. The van der Waals surface area contributed by atoms with E-state index < -0.39 is 15.6 Å². The maximum Gasteiger partial charge on any atom is 0.289 e. The Bertz CT molecular complexity index is 1270. The van der Waals surface area contributed by atoms with Gasteiger partial charge in [0.05, 0.1) is 10.0 Å². The van der Waals surface area contributed by atoms with Crippen molar-refractivity contribution in [3.8, 4) is 0 Å². The van der Waals surface area contributed by atoms with Crippen LogP contribution in [0.15, 0.2) is 63.9 Å². The molecule has 0 radical (unpaired) electrons. The molecule has 2 heterocycles. The van der Waals surface area contributed by atoms with Crippen molar-refractivity contribution in [2.24, 2.45) is 0 Å². The number of halogens is 2. The summed E-state index contributed by atoms with van der Waals surface area (Å²) >= 11 is 12.1. The van der Waals surface area contributed by atoms with Gasteiger partial charge in [0, 0.05) is 31.4 Å². The number of aryl methyl sites for hydroxylation is 1. The minimum Gasteiger partial charge on any atom is -0.455 e. The van der Waals surface area contributed by atoms with Crippen molar-refractivity contribution in [1.82, 2.24) is 4.90 Å². The number of furan rings is 1. The normalized spacial score (nSPS) is 16.8. The Hall–Kier alpha value is -2.48. The van der Waals surface area contributed by atoms with Crippen molar-refractivity contribution >= 4 is 44.6 Å². The number of carbonyl (C=O) groups excluding carboxylic acids is 1. The summed E-state index contributed by atoms with van der Waals surface area (Å²) in [5, 5.41) is 0.0941. The van der Waals surface area contributed by atoms with Gasteiger partial charge in [0.15, 0.2) is 15.6 Å². The van der Waals surface area contributed by atoms with Crippen molar-refractivity contribution in [3.05, 3.63) is 81.7 Å². The molecule has 1 aliphatic heterocycles. The number of hydrogen-bond donors (Lipinski definition) is 0. The highest BCUT2D eigenvalue weighted by Crippen LogP contribution is 2.32. The summed E-state index contributed by atoms with van der Waals surface area (Å²) in [4.78, 5) is 16.9. The van der Waals surface area contributed by atoms with Crippen LogP contribution in [0.2, 0.25) is 10.0 Å². The Morgan fingerprint density at radius 2 is 1.76 bits per heavy atom. The van der Waals surface area contributed by atoms with E-state index in [0.717, 1.165) is 5.69 Å². The van der Waals surface area contributed by atoms with Crippen LogP contribution in [-0.4, -0.2) is 44.9 Å². The second-order valence-corrected chi connectivity index (χ2v) is 10.9. The predicted octanol–water partition coefficient (Wildman–Crippen LogP) is 5.22. The van der Waals surface area contributed by atoms with Crippen molar-refractivity contribution in [3.63, 3.8) is 0 Å². The quantitative estimate of drug-likeness (QED) is 0.474. The fraction of sp³-hybridized carbons (Fsp3) is 0.292. The number of benzene rings is 2. The molecule has 2 aromatic carbocycles. The average Bonchev–Trinajstić information content (AvgIpc) is 3.20. The molecule has 0 unspecified atom stereocenters. The van der Waals surface area contributed by atoms with Gasteiger partial charge >= 0.3 is 0 Å². The minimum absolute atomic E-state index is 0.0471. The lowest BCUT2D eigenvalue weighted by molar-refractivity contribution is 0.0692. The van der Waals surface area contributed by atoms with E-state index in [4.69, 9.17) is 27.6 Å². The monoisotopic (exact) mass is 506 g/mol. The van der Waals surface area contributed by atoms with Crippen molar-refractivity contribution in [1.29, 1.82) is 0 Å². The van der Waals surface area contributed by atoms with Gasteiger partial charge in [0.2, 0.25) is 0 Å². The fourth-order valence-electron chi connectivity index (χ4n) is 4.10. The van der Waals surface area contributed by atoms with Crippen LogP contribution in [0.1, 0.15) is 28.8 Å². The topological polar surface area (TPSA) is 70.8 Å². The van der Waals surface area contributed by atoms with Gasteiger partial charge in [-0.25, -0.2) is 8.42 Å². The molecule has 6 nitrogen and oxygen atoms in total. The molecule has 1 amide bonds. The van der Waals surface area contributed by atoms with E-state index in [0.29, 0.717) is 19.6 Å². The molecule has 9 heteroatoms. The molecule has 0 spiro atoms. The number of anilines is 1. The molecule has 1 aliphatic rings. The lowest BCUT2D eigenvalue weighted by Crippen LogP contribution is -2.53. The molecule has 33 heavy (non-hydrogen) atoms. The van der Waals surface area contributed by atoms with Gasteiger partial charge in [0.25, 0.3) is 5.91 Å². The zero-order valence-corrected chi connectivity index (χ0v) is 20.6. The maximum absolute atomic E-state index is 13.0. The highest BCUT2D eigenvalue weighted by atomic mass is 35.5. The Morgan fingerprint density at radius 3 is 2.42 bits per heavy atom. The first-order valence-corrected chi connectivity index (χ1v) is 12.9.